The Kier molecular flexibility index (Phi) is 3.28. The highest BCUT2D eigenvalue weighted by Crippen LogP contribution is 2.34. The lowest BCUT2D eigenvalue weighted by Crippen LogP contribution is -2.17. The Bertz CT molecular complexity index is 1020. The van der Waals surface area contributed by atoms with Crippen LogP contribution in [0.3, 0.4) is 0 Å². The molecule has 120 valence electrons. The molecule has 0 amide bonds. The van der Waals surface area contributed by atoms with Crippen LogP contribution in [0.4, 0.5) is 5.82 Å². The number of aromatic nitrogens is 3. The summed E-state index contributed by atoms with van der Waals surface area (Å²) in [6, 6.07) is 9.46. The van der Waals surface area contributed by atoms with Crippen molar-refractivity contribution in [3.63, 3.8) is 0 Å². The zero-order valence-corrected chi connectivity index (χ0v) is 12.7. The van der Waals surface area contributed by atoms with E-state index in [4.69, 9.17) is 16.2 Å². The minimum atomic E-state index is -0.472. The van der Waals surface area contributed by atoms with Crippen LogP contribution in [-0.2, 0) is 0 Å². The molecule has 0 fully saturated rings. The number of hydrogen-bond acceptors (Lipinski definition) is 6. The molecule has 7 nitrogen and oxygen atoms in total. The number of nitrogens with two attached hydrogens (primary N) is 2. The summed E-state index contributed by atoms with van der Waals surface area (Å²) in [6.07, 6.45) is 4.18. The molecule has 7 heteroatoms. The molecule has 5 N–H and O–H groups in total. The lowest BCUT2D eigenvalue weighted by atomic mass is 9.92. The molecule has 1 aliphatic rings. The van der Waals surface area contributed by atoms with E-state index in [0.29, 0.717) is 29.1 Å². The van der Waals surface area contributed by atoms with Crippen LogP contribution in [0, 0.1) is 0 Å². The Labute approximate surface area is 137 Å². The molecule has 2 heterocycles. The van der Waals surface area contributed by atoms with Gasteiger partial charge >= 0.3 is 0 Å². The van der Waals surface area contributed by atoms with Gasteiger partial charge in [-0.3, -0.25) is 4.79 Å². The topological polar surface area (TPSA) is 120 Å². The normalized spacial score (nSPS) is 16.5. The van der Waals surface area contributed by atoms with E-state index >= 15 is 0 Å². The summed E-state index contributed by atoms with van der Waals surface area (Å²) in [7, 11) is 0. The molecule has 0 aliphatic heterocycles. The summed E-state index contributed by atoms with van der Waals surface area (Å²) < 4.78 is 6.05. The zero-order chi connectivity index (χ0) is 16.7. The molecule has 0 bridgehead atoms. The van der Waals surface area contributed by atoms with Gasteiger partial charge in [0, 0.05) is 23.9 Å². The van der Waals surface area contributed by atoms with Crippen molar-refractivity contribution in [1.82, 2.24) is 15.0 Å². The van der Waals surface area contributed by atoms with E-state index in [1.54, 1.807) is 12.3 Å². The van der Waals surface area contributed by atoms with Gasteiger partial charge in [-0.1, -0.05) is 24.3 Å². The fourth-order valence-electron chi connectivity index (χ4n) is 2.79. The molecule has 0 radical (unpaired) electrons. The molecule has 1 unspecified atom stereocenters. The SMILES string of the molecule is Nc1nc2nccc(OC3=CCC(N)c4ccccc43)c2[nH]c1=O. The molecule has 0 saturated carbocycles. The Morgan fingerprint density at radius 3 is 2.96 bits per heavy atom. The summed E-state index contributed by atoms with van der Waals surface area (Å²) >= 11 is 0. The number of aromatic amines is 1. The smallest absolute Gasteiger partial charge is 0.291 e. The van der Waals surface area contributed by atoms with E-state index in [0.717, 1.165) is 11.1 Å². The van der Waals surface area contributed by atoms with Crippen molar-refractivity contribution >= 4 is 22.7 Å². The lowest BCUT2D eigenvalue weighted by molar-refractivity contribution is 0.507. The Morgan fingerprint density at radius 1 is 1.25 bits per heavy atom. The Morgan fingerprint density at radius 2 is 2.08 bits per heavy atom. The number of ether oxygens (including phenoxy) is 1. The first kappa shape index (κ1) is 14.4. The van der Waals surface area contributed by atoms with Crippen LogP contribution in [0.5, 0.6) is 5.75 Å². The predicted molar refractivity (Wildman–Crippen MR) is 91.2 cm³/mol. The number of benzene rings is 1. The van der Waals surface area contributed by atoms with Crippen LogP contribution in [0.25, 0.3) is 16.9 Å². The zero-order valence-electron chi connectivity index (χ0n) is 12.7. The number of hydrogen-bond donors (Lipinski definition) is 3. The fraction of sp³-hybridized carbons (Fsp3) is 0.118. The summed E-state index contributed by atoms with van der Waals surface area (Å²) in [6.45, 7) is 0. The minimum absolute atomic E-state index is 0.0518. The third-order valence-corrected chi connectivity index (χ3v) is 3.99. The molecule has 1 aliphatic carbocycles. The van der Waals surface area contributed by atoms with Gasteiger partial charge in [0.25, 0.3) is 5.56 Å². The summed E-state index contributed by atoms with van der Waals surface area (Å²) in [4.78, 5) is 22.5. The van der Waals surface area contributed by atoms with E-state index in [9.17, 15) is 4.79 Å². The summed E-state index contributed by atoms with van der Waals surface area (Å²) in [5.74, 6) is 1.03. The van der Waals surface area contributed by atoms with Crippen LogP contribution in [0.2, 0.25) is 0 Å². The third kappa shape index (κ3) is 2.31. The van der Waals surface area contributed by atoms with Gasteiger partial charge in [0.2, 0.25) is 0 Å². The van der Waals surface area contributed by atoms with Crippen molar-refractivity contribution in [3.05, 3.63) is 64.1 Å². The number of nitrogen functional groups attached to an aromatic ring is 1. The second kappa shape index (κ2) is 5.47. The van der Waals surface area contributed by atoms with Gasteiger partial charge in [-0.2, -0.15) is 0 Å². The first-order valence-electron chi connectivity index (χ1n) is 7.51. The highest BCUT2D eigenvalue weighted by molar-refractivity contribution is 5.80. The average Bonchev–Trinajstić information content (AvgIpc) is 2.59. The maximum absolute atomic E-state index is 11.8. The maximum Gasteiger partial charge on any atom is 0.291 e. The quantitative estimate of drug-likeness (QED) is 0.661. The highest BCUT2D eigenvalue weighted by Gasteiger charge is 2.20. The van der Waals surface area contributed by atoms with Gasteiger partial charge in [-0.05, 0) is 18.1 Å². The van der Waals surface area contributed by atoms with Crippen molar-refractivity contribution in [2.24, 2.45) is 5.73 Å². The van der Waals surface area contributed by atoms with Crippen LogP contribution in [0.15, 0.2) is 47.4 Å². The first-order chi connectivity index (χ1) is 11.6. The van der Waals surface area contributed by atoms with Gasteiger partial charge in [0.15, 0.2) is 17.2 Å². The minimum Gasteiger partial charge on any atom is -0.455 e. The van der Waals surface area contributed by atoms with Gasteiger partial charge in [0.05, 0.1) is 0 Å². The molecule has 24 heavy (non-hydrogen) atoms. The molecule has 1 atom stereocenters. The maximum atomic E-state index is 11.8. The number of H-pyrrole nitrogens is 1. The molecular formula is C17H15N5O2. The molecule has 4 rings (SSSR count). The van der Waals surface area contributed by atoms with Gasteiger partial charge in [-0.25, -0.2) is 9.97 Å². The number of nitrogens with zero attached hydrogens (tertiary/aromatic N) is 2. The van der Waals surface area contributed by atoms with Gasteiger partial charge < -0.3 is 21.2 Å². The predicted octanol–water partition coefficient (Wildman–Crippen LogP) is 1.72. The molecule has 0 spiro atoms. The summed E-state index contributed by atoms with van der Waals surface area (Å²) in [5.41, 5.74) is 13.9. The van der Waals surface area contributed by atoms with E-state index in [1.807, 2.05) is 30.3 Å². The Balaban J connectivity index is 1.81. The van der Waals surface area contributed by atoms with Crippen molar-refractivity contribution in [1.29, 1.82) is 0 Å². The molecule has 1 aromatic carbocycles. The highest BCUT2D eigenvalue weighted by atomic mass is 16.5. The van der Waals surface area contributed by atoms with Crippen LogP contribution in [-0.4, -0.2) is 15.0 Å². The van der Waals surface area contributed by atoms with Crippen LogP contribution < -0.4 is 21.8 Å². The van der Waals surface area contributed by atoms with Crippen molar-refractivity contribution < 1.29 is 4.74 Å². The van der Waals surface area contributed by atoms with E-state index < -0.39 is 5.56 Å². The number of pyridine rings is 1. The second-order valence-corrected chi connectivity index (χ2v) is 5.56. The fourth-order valence-corrected chi connectivity index (χ4v) is 2.79. The number of nitrogens with one attached hydrogen (secondary N) is 1. The van der Waals surface area contributed by atoms with Gasteiger partial charge in [0.1, 0.15) is 11.3 Å². The molecule has 2 aromatic heterocycles. The van der Waals surface area contributed by atoms with E-state index in [-0.39, 0.29) is 11.9 Å². The number of anilines is 1. The molecule has 0 saturated heterocycles. The van der Waals surface area contributed by atoms with Crippen molar-refractivity contribution in [2.45, 2.75) is 12.5 Å². The number of rotatable bonds is 2. The van der Waals surface area contributed by atoms with Gasteiger partial charge in [-0.15, -0.1) is 0 Å². The second-order valence-electron chi connectivity index (χ2n) is 5.56. The monoisotopic (exact) mass is 321 g/mol. The standard InChI is InChI=1S/C17H15N5O2/c18-11-5-6-12(10-4-2-1-3-9(10)11)24-13-7-8-20-16-14(13)21-17(23)15(19)22-16/h1-4,6-8,11H,5,18H2,(H,21,23)(H2,19,20,22). The molecular weight excluding hydrogens is 306 g/mol. The van der Waals surface area contributed by atoms with Crippen molar-refractivity contribution in [3.8, 4) is 5.75 Å². The first-order valence-corrected chi connectivity index (χ1v) is 7.51. The average molecular weight is 321 g/mol. The summed E-state index contributed by atoms with van der Waals surface area (Å²) in [5, 5.41) is 0. The largest absolute Gasteiger partial charge is 0.455 e. The van der Waals surface area contributed by atoms with Crippen molar-refractivity contribution in [2.75, 3.05) is 5.73 Å². The Hall–Kier alpha value is -3.19. The van der Waals surface area contributed by atoms with Crippen LogP contribution >= 0.6 is 0 Å². The number of fused-ring (bicyclic) bond motifs is 2. The van der Waals surface area contributed by atoms with E-state index in [2.05, 4.69) is 15.0 Å². The van der Waals surface area contributed by atoms with Crippen LogP contribution in [0.1, 0.15) is 23.6 Å². The third-order valence-electron chi connectivity index (χ3n) is 3.99. The van der Waals surface area contributed by atoms with E-state index in [1.165, 1.54) is 0 Å². The molecule has 3 aromatic rings. The lowest BCUT2D eigenvalue weighted by Gasteiger charge is -2.23.